The topological polar surface area (TPSA) is 42.3 Å². The van der Waals surface area contributed by atoms with Crippen LogP contribution in [0.15, 0.2) is 73.2 Å². The second-order valence-electron chi connectivity index (χ2n) is 6.50. The van der Waals surface area contributed by atoms with Gasteiger partial charge >= 0.3 is 0 Å². The van der Waals surface area contributed by atoms with Crippen molar-refractivity contribution in [1.82, 2.24) is 19.8 Å². The van der Waals surface area contributed by atoms with Crippen LogP contribution in [0.1, 0.15) is 23.3 Å². The molecule has 0 amide bonds. The van der Waals surface area contributed by atoms with Crippen LogP contribution in [-0.4, -0.2) is 39.8 Å². The smallest absolute Gasteiger partial charge is 0.170 e. The van der Waals surface area contributed by atoms with Crippen molar-refractivity contribution in [3.63, 3.8) is 0 Å². The molecule has 0 radical (unpaired) electrons. The Morgan fingerprint density at radius 1 is 1.11 bits per heavy atom. The highest BCUT2D eigenvalue weighted by Crippen LogP contribution is 2.38. The molecule has 2 unspecified atom stereocenters. The monoisotopic (exact) mass is 378 g/mol. The molecule has 1 fully saturated rings. The third kappa shape index (κ3) is 3.59. The number of hydrogen-bond acceptors (Lipinski definition) is 3. The summed E-state index contributed by atoms with van der Waals surface area (Å²) in [6.45, 7) is 1.35. The van der Waals surface area contributed by atoms with Gasteiger partial charge in [0.25, 0.3) is 0 Å². The Morgan fingerprint density at radius 3 is 2.67 bits per heavy atom. The molecule has 1 aliphatic rings. The Bertz CT molecular complexity index is 897. The molecule has 5 nitrogen and oxygen atoms in total. The molecule has 2 atom stereocenters. The fraction of sp³-hybridized carbons (Fsp3) is 0.238. The third-order valence-corrected chi connectivity index (χ3v) is 5.20. The van der Waals surface area contributed by atoms with E-state index in [9.17, 15) is 0 Å². The van der Waals surface area contributed by atoms with Crippen molar-refractivity contribution in [2.24, 2.45) is 0 Å². The maximum Gasteiger partial charge on any atom is 0.170 e. The van der Waals surface area contributed by atoms with Crippen molar-refractivity contribution in [3.05, 3.63) is 84.4 Å². The molecule has 6 heteroatoms. The average Bonchev–Trinajstić information content (AvgIpc) is 3.32. The van der Waals surface area contributed by atoms with Gasteiger partial charge in [0.1, 0.15) is 0 Å². The Morgan fingerprint density at radius 2 is 1.93 bits per heavy atom. The van der Waals surface area contributed by atoms with Gasteiger partial charge in [-0.25, -0.2) is 0 Å². The van der Waals surface area contributed by atoms with Crippen LogP contribution >= 0.6 is 12.2 Å². The van der Waals surface area contributed by atoms with Gasteiger partial charge in [-0.15, -0.1) is 0 Å². The van der Waals surface area contributed by atoms with E-state index in [1.54, 1.807) is 7.11 Å². The minimum atomic E-state index is 0.00202. The summed E-state index contributed by atoms with van der Waals surface area (Å²) < 4.78 is 7.44. The molecule has 1 aromatic carbocycles. The Hall–Kier alpha value is -2.70. The molecule has 1 aliphatic heterocycles. The first-order valence-electron chi connectivity index (χ1n) is 8.98. The van der Waals surface area contributed by atoms with Crippen molar-refractivity contribution in [1.29, 1.82) is 0 Å². The van der Waals surface area contributed by atoms with E-state index in [-0.39, 0.29) is 12.1 Å². The Kier molecular flexibility index (Phi) is 5.18. The molecule has 3 heterocycles. The summed E-state index contributed by atoms with van der Waals surface area (Å²) in [5, 5.41) is 4.19. The number of benzene rings is 1. The number of para-hydroxylation sites is 1. The van der Waals surface area contributed by atoms with Crippen LogP contribution in [0.5, 0.6) is 0 Å². The number of nitrogens with zero attached hydrogens (tertiary/aromatic N) is 3. The first-order chi connectivity index (χ1) is 13.3. The molecular formula is C21H22N4OS. The van der Waals surface area contributed by atoms with E-state index < -0.39 is 0 Å². The van der Waals surface area contributed by atoms with Gasteiger partial charge in [-0.1, -0.05) is 24.3 Å². The normalized spacial score (nSPS) is 19.3. The number of rotatable bonds is 6. The van der Waals surface area contributed by atoms with Crippen LogP contribution in [0.25, 0.3) is 5.69 Å². The lowest BCUT2D eigenvalue weighted by molar-refractivity contribution is 0.164. The van der Waals surface area contributed by atoms with Gasteiger partial charge in [0.2, 0.25) is 0 Å². The number of hydrogen-bond donors (Lipinski definition) is 1. The van der Waals surface area contributed by atoms with Crippen LogP contribution in [0.4, 0.5) is 0 Å². The third-order valence-electron chi connectivity index (χ3n) is 4.85. The highest BCUT2D eigenvalue weighted by Gasteiger charge is 2.39. The number of methoxy groups -OCH3 is 1. The molecule has 0 spiro atoms. The maximum absolute atomic E-state index is 5.63. The lowest BCUT2D eigenvalue weighted by atomic mass is 9.99. The summed E-state index contributed by atoms with van der Waals surface area (Å²) in [7, 11) is 1.71. The van der Waals surface area contributed by atoms with Crippen LogP contribution < -0.4 is 5.32 Å². The van der Waals surface area contributed by atoms with Crippen molar-refractivity contribution in [3.8, 4) is 5.69 Å². The standard InChI is InChI=1S/C21H22N4OS/c1-26-14-13-25-20(19(23-21(25)27)18-9-5-6-11-22-18)16-10-12-24(15-16)17-7-3-2-4-8-17/h2-12,15,19-20H,13-14H2,1H3,(H,23,27). The maximum atomic E-state index is 5.63. The summed E-state index contributed by atoms with van der Waals surface area (Å²) in [5.41, 5.74) is 3.31. The molecule has 1 N–H and O–H groups in total. The summed E-state index contributed by atoms with van der Waals surface area (Å²) >= 11 is 5.63. The van der Waals surface area contributed by atoms with Gasteiger partial charge in [-0.3, -0.25) is 4.98 Å². The summed E-state index contributed by atoms with van der Waals surface area (Å²) in [5.74, 6) is 0. The van der Waals surface area contributed by atoms with Crippen molar-refractivity contribution in [2.45, 2.75) is 12.1 Å². The van der Waals surface area contributed by atoms with Gasteiger partial charge in [0.05, 0.1) is 24.4 Å². The van der Waals surface area contributed by atoms with Gasteiger partial charge in [0, 0.05) is 37.9 Å². The molecule has 0 aliphatic carbocycles. The summed E-state index contributed by atoms with van der Waals surface area (Å²) in [4.78, 5) is 6.76. The van der Waals surface area contributed by atoms with Crippen molar-refractivity contribution < 1.29 is 4.74 Å². The van der Waals surface area contributed by atoms with Gasteiger partial charge < -0.3 is 19.5 Å². The lowest BCUT2D eigenvalue weighted by Crippen LogP contribution is -2.32. The zero-order valence-corrected chi connectivity index (χ0v) is 16.0. The molecule has 2 aromatic heterocycles. The van der Waals surface area contributed by atoms with Crippen LogP contribution in [0, 0.1) is 0 Å². The minimum Gasteiger partial charge on any atom is -0.383 e. The van der Waals surface area contributed by atoms with Crippen LogP contribution in [-0.2, 0) is 4.74 Å². The highest BCUT2D eigenvalue weighted by molar-refractivity contribution is 7.80. The number of nitrogens with one attached hydrogen (secondary N) is 1. The lowest BCUT2D eigenvalue weighted by Gasteiger charge is -2.26. The SMILES string of the molecule is COCCN1C(=S)NC(c2ccccn2)C1c1ccn(-c2ccccc2)c1. The minimum absolute atomic E-state index is 0.00202. The van der Waals surface area contributed by atoms with Gasteiger partial charge in [-0.05, 0) is 48.1 Å². The van der Waals surface area contributed by atoms with Crippen molar-refractivity contribution >= 4 is 17.3 Å². The van der Waals surface area contributed by atoms with Crippen molar-refractivity contribution in [2.75, 3.05) is 20.3 Å². The van der Waals surface area contributed by atoms with Gasteiger partial charge in [0.15, 0.2) is 5.11 Å². The predicted octanol–water partition coefficient (Wildman–Crippen LogP) is 3.49. The molecule has 27 heavy (non-hydrogen) atoms. The van der Waals surface area contributed by atoms with E-state index >= 15 is 0 Å². The first kappa shape index (κ1) is 17.7. The fourth-order valence-electron chi connectivity index (χ4n) is 3.55. The highest BCUT2D eigenvalue weighted by atomic mass is 32.1. The van der Waals surface area contributed by atoms with Crippen LogP contribution in [0.3, 0.4) is 0 Å². The quantitative estimate of drug-likeness (QED) is 0.665. The zero-order valence-electron chi connectivity index (χ0n) is 15.2. The molecule has 1 saturated heterocycles. The number of aromatic nitrogens is 2. The molecular weight excluding hydrogens is 356 g/mol. The molecule has 4 rings (SSSR count). The number of thiocarbonyl (C=S) groups is 1. The molecule has 3 aromatic rings. The van der Waals surface area contributed by atoms with Gasteiger partial charge in [-0.2, -0.15) is 0 Å². The van der Waals surface area contributed by atoms with Crippen LogP contribution in [0.2, 0.25) is 0 Å². The number of pyridine rings is 1. The Balaban J connectivity index is 1.70. The fourth-order valence-corrected chi connectivity index (χ4v) is 3.88. The van der Waals surface area contributed by atoms with E-state index in [2.05, 4.69) is 50.4 Å². The predicted molar refractivity (Wildman–Crippen MR) is 110 cm³/mol. The zero-order chi connectivity index (χ0) is 18.6. The van der Waals surface area contributed by atoms with E-state index in [0.717, 1.165) is 23.0 Å². The molecule has 0 saturated carbocycles. The summed E-state index contributed by atoms with van der Waals surface area (Å²) in [6.07, 6.45) is 6.09. The second kappa shape index (κ2) is 7.90. The molecule has 138 valence electrons. The first-order valence-corrected chi connectivity index (χ1v) is 9.39. The van der Waals surface area contributed by atoms with E-state index in [1.165, 1.54) is 5.56 Å². The second-order valence-corrected chi connectivity index (χ2v) is 6.89. The van der Waals surface area contributed by atoms with E-state index in [4.69, 9.17) is 17.0 Å². The average molecular weight is 379 g/mol. The Labute approximate surface area is 164 Å². The molecule has 0 bridgehead atoms. The summed E-state index contributed by atoms with van der Waals surface area (Å²) in [6, 6.07) is 18.5. The largest absolute Gasteiger partial charge is 0.383 e. The van der Waals surface area contributed by atoms with E-state index in [0.29, 0.717) is 6.61 Å². The van der Waals surface area contributed by atoms with E-state index in [1.807, 2.05) is 42.6 Å². The number of ether oxygens (including phenoxy) is 1.